The smallest absolute Gasteiger partial charge is 0.268 e. The molecule has 3 heterocycles. The third kappa shape index (κ3) is 4.84. The monoisotopic (exact) mass is 492 g/mol. The first-order valence-electron chi connectivity index (χ1n) is 11.3. The van der Waals surface area contributed by atoms with Crippen molar-refractivity contribution in [1.29, 1.82) is 0 Å². The van der Waals surface area contributed by atoms with Gasteiger partial charge in [0.2, 0.25) is 12.3 Å². The Morgan fingerprint density at radius 2 is 2.17 bits per heavy atom. The summed E-state index contributed by atoms with van der Waals surface area (Å²) < 4.78 is 27.1. The molecule has 1 saturated carbocycles. The van der Waals surface area contributed by atoms with E-state index in [0.717, 1.165) is 17.7 Å². The van der Waals surface area contributed by atoms with Gasteiger partial charge >= 0.3 is 0 Å². The molecule has 3 aromatic heterocycles. The summed E-state index contributed by atoms with van der Waals surface area (Å²) in [7, 11) is 1.35. The molecular formula is C24H25FN8O3. The second-order valence-electron chi connectivity index (χ2n) is 8.53. The van der Waals surface area contributed by atoms with Crippen LogP contribution in [0.1, 0.15) is 35.6 Å². The van der Waals surface area contributed by atoms with Crippen LogP contribution in [-0.4, -0.2) is 37.6 Å². The fraction of sp³-hybridized carbons (Fsp3) is 0.250. The number of carbonyl (C=O) groups is 1. The molecule has 5 N–H and O–H groups in total. The molecule has 0 saturated heterocycles. The first kappa shape index (κ1) is 23.3. The number of carbonyl (C=O) groups excluding carboxylic acids is 1. The minimum atomic E-state index is -0.659. The molecule has 1 amide bonds. The molecule has 0 radical (unpaired) electrons. The normalized spacial score (nSPS) is 13.7. The van der Waals surface area contributed by atoms with Crippen molar-refractivity contribution in [3.63, 3.8) is 0 Å². The van der Waals surface area contributed by atoms with Crippen LogP contribution in [0.25, 0.3) is 17.1 Å². The van der Waals surface area contributed by atoms with Gasteiger partial charge in [0.1, 0.15) is 11.3 Å². The lowest BCUT2D eigenvalue weighted by molar-refractivity contribution is -0.117. The summed E-state index contributed by atoms with van der Waals surface area (Å²) in [6, 6.07) is 7.09. The number of nitrogens with one attached hydrogen (secondary N) is 1. The van der Waals surface area contributed by atoms with E-state index in [2.05, 4.69) is 32.8 Å². The summed E-state index contributed by atoms with van der Waals surface area (Å²) in [6.45, 7) is 0.0364. The van der Waals surface area contributed by atoms with Crippen molar-refractivity contribution in [2.75, 3.05) is 7.11 Å². The van der Waals surface area contributed by atoms with Crippen LogP contribution < -0.4 is 21.6 Å². The van der Waals surface area contributed by atoms with Crippen molar-refractivity contribution in [1.82, 2.24) is 29.9 Å². The van der Waals surface area contributed by atoms with Crippen LogP contribution in [0.2, 0.25) is 0 Å². The molecule has 0 aliphatic heterocycles. The van der Waals surface area contributed by atoms with Crippen LogP contribution in [-0.2, 0) is 17.9 Å². The Morgan fingerprint density at radius 3 is 2.89 bits per heavy atom. The topological polar surface area (TPSA) is 150 Å². The van der Waals surface area contributed by atoms with Crippen LogP contribution in [0.15, 0.2) is 59.4 Å². The van der Waals surface area contributed by atoms with E-state index >= 15 is 0 Å². The lowest BCUT2D eigenvalue weighted by atomic mass is 10.1. The number of hydrogen-bond acceptors (Lipinski definition) is 9. The lowest BCUT2D eigenvalue weighted by Crippen LogP contribution is -2.32. The number of aromatic nitrogens is 4. The van der Waals surface area contributed by atoms with E-state index in [-0.39, 0.29) is 36.0 Å². The van der Waals surface area contributed by atoms with Crippen molar-refractivity contribution >= 4 is 11.6 Å². The highest BCUT2D eigenvalue weighted by molar-refractivity contribution is 5.92. The quantitative estimate of drug-likeness (QED) is 0.181. The molecular weight excluding hydrogens is 467 g/mol. The molecule has 1 aliphatic carbocycles. The van der Waals surface area contributed by atoms with Crippen LogP contribution in [0.3, 0.4) is 0 Å². The van der Waals surface area contributed by atoms with Crippen LogP contribution >= 0.6 is 0 Å². The summed E-state index contributed by atoms with van der Waals surface area (Å²) in [4.78, 5) is 17.2. The summed E-state index contributed by atoms with van der Waals surface area (Å²) in [6.07, 6.45) is 8.86. The number of rotatable bonds is 9. The van der Waals surface area contributed by atoms with Crippen LogP contribution in [0, 0.1) is 5.82 Å². The third-order valence-electron chi connectivity index (χ3n) is 5.93. The molecule has 11 nitrogen and oxygen atoms in total. The van der Waals surface area contributed by atoms with Crippen LogP contribution in [0.4, 0.5) is 4.39 Å². The number of halogens is 1. The van der Waals surface area contributed by atoms with Gasteiger partial charge in [0.25, 0.3) is 5.91 Å². The molecule has 36 heavy (non-hydrogen) atoms. The van der Waals surface area contributed by atoms with E-state index in [4.69, 9.17) is 20.7 Å². The Balaban J connectivity index is 1.25. The maximum atomic E-state index is 14.9. The van der Waals surface area contributed by atoms with Crippen LogP contribution in [0.5, 0.6) is 5.75 Å². The van der Waals surface area contributed by atoms with Gasteiger partial charge in [-0.2, -0.15) is 0 Å². The second kappa shape index (κ2) is 9.66. The Morgan fingerprint density at radius 1 is 1.33 bits per heavy atom. The SMILES string of the molecule is COc1ccc(-c2nnco2)c(CNC(=O)/C(N)=C/N(N)Cc2cn3cc(C4CC4)ccc3n2)c1F. The minimum Gasteiger partial charge on any atom is -0.494 e. The standard InChI is InChI=1S/C24H25FN8O3/c1-35-20-6-5-17(24-31-29-13-36-24)18(22(20)25)8-28-23(34)19(26)12-33(27)11-16-10-32-9-15(14-2-3-14)4-7-21(32)30-16/h4-7,9-10,12-14H,2-3,8,11,26-27H2,1H3,(H,28,34)/b19-12-. The summed E-state index contributed by atoms with van der Waals surface area (Å²) in [5.41, 5.74) is 9.06. The Labute approximate surface area is 205 Å². The average Bonchev–Trinajstić information content (AvgIpc) is 3.41. The highest BCUT2D eigenvalue weighted by Crippen LogP contribution is 2.39. The summed E-state index contributed by atoms with van der Waals surface area (Å²) >= 11 is 0. The molecule has 0 spiro atoms. The minimum absolute atomic E-state index is 0.0101. The van der Waals surface area contributed by atoms with E-state index < -0.39 is 11.7 Å². The van der Waals surface area contributed by atoms with Crippen molar-refractivity contribution in [2.45, 2.75) is 31.8 Å². The molecule has 1 fully saturated rings. The predicted molar refractivity (Wildman–Crippen MR) is 127 cm³/mol. The Hall–Kier alpha value is -4.45. The summed E-state index contributed by atoms with van der Waals surface area (Å²) in [5.74, 6) is 5.52. The highest BCUT2D eigenvalue weighted by atomic mass is 19.1. The largest absolute Gasteiger partial charge is 0.494 e. The summed E-state index contributed by atoms with van der Waals surface area (Å²) in [5, 5.41) is 11.3. The van der Waals surface area contributed by atoms with Crippen molar-refractivity contribution in [3.05, 3.63) is 77.6 Å². The third-order valence-corrected chi connectivity index (χ3v) is 5.93. The van der Waals surface area contributed by atoms with E-state index in [1.54, 1.807) is 6.07 Å². The van der Waals surface area contributed by atoms with E-state index in [0.29, 0.717) is 11.5 Å². The maximum Gasteiger partial charge on any atom is 0.268 e. The molecule has 0 bridgehead atoms. The van der Waals surface area contributed by atoms with Gasteiger partial charge < -0.3 is 29.6 Å². The van der Waals surface area contributed by atoms with Crippen molar-refractivity contribution < 1.29 is 18.3 Å². The number of hydrogen-bond donors (Lipinski definition) is 3. The van der Waals surface area contributed by atoms with Gasteiger partial charge in [-0.25, -0.2) is 15.2 Å². The molecule has 0 atom stereocenters. The Bertz CT molecular complexity index is 1430. The number of ether oxygens (including phenoxy) is 1. The number of fused-ring (bicyclic) bond motifs is 1. The predicted octanol–water partition coefficient (Wildman–Crippen LogP) is 2.20. The van der Waals surface area contributed by atoms with Gasteiger partial charge in [0.15, 0.2) is 11.6 Å². The number of imidazole rings is 1. The molecule has 1 aromatic carbocycles. The zero-order valence-corrected chi connectivity index (χ0v) is 19.5. The number of pyridine rings is 1. The Kier molecular flexibility index (Phi) is 6.25. The molecule has 1 aliphatic rings. The first-order chi connectivity index (χ1) is 17.4. The molecule has 186 valence electrons. The van der Waals surface area contributed by atoms with Gasteiger partial charge in [-0.05, 0) is 42.5 Å². The van der Waals surface area contributed by atoms with Gasteiger partial charge in [-0.3, -0.25) is 4.79 Å². The highest BCUT2D eigenvalue weighted by Gasteiger charge is 2.24. The zero-order valence-electron chi connectivity index (χ0n) is 19.5. The number of nitrogens with two attached hydrogens (primary N) is 2. The van der Waals surface area contributed by atoms with Gasteiger partial charge in [0, 0.05) is 36.3 Å². The van der Waals surface area contributed by atoms with E-state index in [1.807, 2.05) is 16.7 Å². The van der Waals surface area contributed by atoms with E-state index in [1.165, 1.54) is 42.8 Å². The number of amides is 1. The number of nitrogens with zero attached hydrogens (tertiary/aromatic N) is 5. The fourth-order valence-electron chi connectivity index (χ4n) is 3.96. The molecule has 5 rings (SSSR count). The maximum absolute atomic E-state index is 14.9. The average molecular weight is 493 g/mol. The van der Waals surface area contributed by atoms with E-state index in [9.17, 15) is 9.18 Å². The van der Waals surface area contributed by atoms with Crippen molar-refractivity contribution in [3.8, 4) is 17.2 Å². The number of methoxy groups -OCH3 is 1. The molecule has 0 unspecified atom stereocenters. The van der Waals surface area contributed by atoms with Gasteiger partial charge in [-0.1, -0.05) is 6.07 Å². The zero-order chi connectivity index (χ0) is 25.2. The molecule has 12 heteroatoms. The van der Waals surface area contributed by atoms with Gasteiger partial charge in [-0.15, -0.1) is 10.2 Å². The van der Waals surface area contributed by atoms with Crippen molar-refractivity contribution in [2.24, 2.45) is 11.6 Å². The lowest BCUT2D eigenvalue weighted by Gasteiger charge is -2.14. The molecule has 4 aromatic rings. The van der Waals surface area contributed by atoms with Gasteiger partial charge in [0.05, 0.1) is 19.3 Å². The number of benzene rings is 1. The second-order valence-corrected chi connectivity index (χ2v) is 8.53. The number of hydrazine groups is 1. The first-order valence-corrected chi connectivity index (χ1v) is 11.3. The fourth-order valence-corrected chi connectivity index (χ4v) is 3.96.